The topological polar surface area (TPSA) is 102 Å². The number of carbonyl (C=O) groups is 4. The minimum Gasteiger partial charge on any atom is -0.459 e. The molecule has 37 heavy (non-hydrogen) atoms. The van der Waals surface area contributed by atoms with Gasteiger partial charge in [0.15, 0.2) is 6.23 Å². The van der Waals surface area contributed by atoms with Crippen LogP contribution in [0.15, 0.2) is 0 Å². The summed E-state index contributed by atoms with van der Waals surface area (Å²) in [6.07, 6.45) is 2.06. The summed E-state index contributed by atoms with van der Waals surface area (Å²) in [5, 5.41) is 2.73. The number of ether oxygens (including phenoxy) is 2. The molecule has 1 heterocycles. The lowest BCUT2D eigenvalue weighted by Crippen LogP contribution is -2.48. The Labute approximate surface area is 224 Å². The van der Waals surface area contributed by atoms with Gasteiger partial charge in [0.1, 0.15) is 5.60 Å². The van der Waals surface area contributed by atoms with E-state index in [2.05, 4.69) is 26.1 Å². The van der Waals surface area contributed by atoms with Crippen molar-refractivity contribution in [1.82, 2.24) is 10.2 Å². The predicted molar refractivity (Wildman–Crippen MR) is 144 cm³/mol. The summed E-state index contributed by atoms with van der Waals surface area (Å²) in [6.45, 7) is 21.4. The van der Waals surface area contributed by atoms with Crippen LogP contribution in [-0.4, -0.2) is 54.1 Å². The molecule has 2 amide bonds. The highest BCUT2D eigenvalue weighted by Crippen LogP contribution is 2.46. The number of hydrogen-bond donors (Lipinski definition) is 1. The Morgan fingerprint density at radius 1 is 0.919 bits per heavy atom. The number of amides is 2. The Morgan fingerprint density at radius 3 is 1.92 bits per heavy atom. The summed E-state index contributed by atoms with van der Waals surface area (Å²) in [4.78, 5) is 53.6. The van der Waals surface area contributed by atoms with Crippen molar-refractivity contribution in [3.63, 3.8) is 0 Å². The molecule has 1 N–H and O–H groups in total. The molecule has 8 nitrogen and oxygen atoms in total. The van der Waals surface area contributed by atoms with Gasteiger partial charge in [-0.05, 0) is 79.1 Å². The van der Waals surface area contributed by atoms with E-state index in [1.165, 1.54) is 0 Å². The van der Waals surface area contributed by atoms with Crippen molar-refractivity contribution in [3.05, 3.63) is 0 Å². The predicted octanol–water partition coefficient (Wildman–Crippen LogP) is 5.23. The van der Waals surface area contributed by atoms with Gasteiger partial charge in [-0.3, -0.25) is 19.2 Å². The molecule has 1 aliphatic heterocycles. The van der Waals surface area contributed by atoms with E-state index in [4.69, 9.17) is 9.47 Å². The number of rotatable bonds is 12. The van der Waals surface area contributed by atoms with Crippen LogP contribution in [0.2, 0.25) is 0 Å². The molecule has 0 saturated carbocycles. The van der Waals surface area contributed by atoms with Crippen LogP contribution in [0.25, 0.3) is 0 Å². The molecular formula is C29H52N2O6. The van der Waals surface area contributed by atoms with Crippen molar-refractivity contribution >= 4 is 23.8 Å². The second kappa shape index (κ2) is 11.7. The first kappa shape index (κ1) is 32.9. The van der Waals surface area contributed by atoms with Crippen molar-refractivity contribution in [2.75, 3.05) is 13.6 Å². The van der Waals surface area contributed by atoms with Crippen LogP contribution in [0.3, 0.4) is 0 Å². The number of likely N-dealkylation sites (tertiary alicyclic amines) is 1. The molecule has 214 valence electrons. The molecule has 8 heteroatoms. The molecule has 1 fully saturated rings. The normalized spacial score (nSPS) is 19.0. The lowest BCUT2D eigenvalue weighted by Gasteiger charge is -2.42. The van der Waals surface area contributed by atoms with Crippen molar-refractivity contribution in [2.45, 2.75) is 127 Å². The fourth-order valence-electron chi connectivity index (χ4n) is 5.89. The van der Waals surface area contributed by atoms with E-state index in [0.717, 1.165) is 6.42 Å². The largest absolute Gasteiger partial charge is 0.459 e. The van der Waals surface area contributed by atoms with Gasteiger partial charge in [-0.15, -0.1) is 0 Å². The zero-order valence-electron chi connectivity index (χ0n) is 25.4. The van der Waals surface area contributed by atoms with Crippen molar-refractivity contribution in [1.29, 1.82) is 0 Å². The smallest absolute Gasteiger partial charge is 0.313 e. The van der Waals surface area contributed by atoms with E-state index in [0.29, 0.717) is 25.8 Å². The monoisotopic (exact) mass is 524 g/mol. The van der Waals surface area contributed by atoms with Gasteiger partial charge in [0.25, 0.3) is 0 Å². The molecule has 3 unspecified atom stereocenters. The Kier molecular flexibility index (Phi) is 10.4. The lowest BCUT2D eigenvalue weighted by molar-refractivity contribution is -0.175. The molecular weight excluding hydrogens is 472 g/mol. The molecule has 0 radical (unpaired) electrons. The van der Waals surface area contributed by atoms with Gasteiger partial charge in [0, 0.05) is 25.4 Å². The van der Waals surface area contributed by atoms with Crippen LogP contribution < -0.4 is 5.32 Å². The molecule has 0 aromatic rings. The molecule has 0 spiro atoms. The van der Waals surface area contributed by atoms with Gasteiger partial charge in [0.05, 0.1) is 10.8 Å². The maximum Gasteiger partial charge on any atom is 0.313 e. The third-order valence-corrected chi connectivity index (χ3v) is 7.36. The summed E-state index contributed by atoms with van der Waals surface area (Å²) in [6, 6.07) is 0. The molecule has 1 aliphatic rings. The summed E-state index contributed by atoms with van der Waals surface area (Å²) >= 11 is 0. The molecule has 0 aromatic heterocycles. The second-order valence-electron chi connectivity index (χ2n) is 13.9. The van der Waals surface area contributed by atoms with Crippen LogP contribution in [0.5, 0.6) is 0 Å². The van der Waals surface area contributed by atoms with E-state index in [1.54, 1.807) is 39.6 Å². The zero-order chi connectivity index (χ0) is 29.0. The Balaban J connectivity index is 3.15. The average molecular weight is 525 g/mol. The lowest BCUT2D eigenvalue weighted by atomic mass is 9.64. The fourth-order valence-corrected chi connectivity index (χ4v) is 5.89. The fraction of sp³-hybridized carbons (Fsp3) is 0.862. The summed E-state index contributed by atoms with van der Waals surface area (Å²) in [5.41, 5.74) is -3.72. The highest BCUT2D eigenvalue weighted by molar-refractivity contribution is 5.86. The van der Waals surface area contributed by atoms with E-state index in [9.17, 15) is 19.2 Å². The first-order chi connectivity index (χ1) is 16.6. The van der Waals surface area contributed by atoms with Crippen molar-refractivity contribution in [2.24, 2.45) is 21.7 Å². The minimum atomic E-state index is -1.05. The van der Waals surface area contributed by atoms with Crippen molar-refractivity contribution < 1.29 is 28.7 Å². The summed E-state index contributed by atoms with van der Waals surface area (Å²) in [5.74, 6) is -1.11. The third-order valence-electron chi connectivity index (χ3n) is 7.36. The summed E-state index contributed by atoms with van der Waals surface area (Å²) < 4.78 is 11.7. The quantitative estimate of drug-likeness (QED) is 0.351. The van der Waals surface area contributed by atoms with E-state index >= 15 is 0 Å². The van der Waals surface area contributed by atoms with Gasteiger partial charge in [-0.1, -0.05) is 34.6 Å². The SMILES string of the molecule is CCC(C)(CC(C)(CC(C)(C)C(=O)OC(C)N1CCCC1=O)C(=O)NC)C(=O)OC(C)(C)CC(C)(C)C. The van der Waals surface area contributed by atoms with Crippen LogP contribution in [-0.2, 0) is 28.7 Å². The van der Waals surface area contributed by atoms with Crippen molar-refractivity contribution in [3.8, 4) is 0 Å². The van der Waals surface area contributed by atoms with Crippen LogP contribution in [0.1, 0.15) is 115 Å². The second-order valence-corrected chi connectivity index (χ2v) is 13.9. The van der Waals surface area contributed by atoms with Gasteiger partial charge >= 0.3 is 11.9 Å². The average Bonchev–Trinajstić information content (AvgIpc) is 3.16. The van der Waals surface area contributed by atoms with Gasteiger partial charge in [-0.2, -0.15) is 0 Å². The Bertz CT molecular complexity index is 859. The molecule has 0 aliphatic carbocycles. The molecule has 0 aromatic carbocycles. The summed E-state index contributed by atoms with van der Waals surface area (Å²) in [7, 11) is 1.56. The highest BCUT2D eigenvalue weighted by Gasteiger charge is 2.50. The third kappa shape index (κ3) is 8.99. The van der Waals surface area contributed by atoms with Gasteiger partial charge in [0.2, 0.25) is 11.8 Å². The Morgan fingerprint density at radius 2 is 1.49 bits per heavy atom. The number of nitrogens with zero attached hydrogens (tertiary/aromatic N) is 1. The Hall–Kier alpha value is -2.12. The zero-order valence-corrected chi connectivity index (χ0v) is 25.4. The van der Waals surface area contributed by atoms with E-state index in [-0.39, 0.29) is 36.0 Å². The molecule has 1 saturated heterocycles. The van der Waals surface area contributed by atoms with Crippen LogP contribution in [0.4, 0.5) is 0 Å². The molecule has 3 atom stereocenters. The number of nitrogens with one attached hydrogen (secondary N) is 1. The van der Waals surface area contributed by atoms with E-state index in [1.807, 2.05) is 27.7 Å². The van der Waals surface area contributed by atoms with Gasteiger partial charge < -0.3 is 19.7 Å². The number of esters is 2. The maximum atomic E-state index is 13.5. The highest BCUT2D eigenvalue weighted by atomic mass is 16.6. The standard InChI is InChI=1S/C29H52N2O6/c1-13-28(10,24(35)37-27(8,9)17-25(3,4)5)19-29(11,22(33)30-12)18-26(6,7)23(34)36-20(2)31-16-14-15-21(31)32/h20H,13-19H2,1-12H3,(H,30,33). The molecule has 1 rings (SSSR count). The van der Waals surface area contributed by atoms with Gasteiger partial charge in [-0.25, -0.2) is 0 Å². The van der Waals surface area contributed by atoms with Crippen LogP contribution >= 0.6 is 0 Å². The first-order valence-electron chi connectivity index (χ1n) is 13.6. The molecule has 0 bridgehead atoms. The first-order valence-corrected chi connectivity index (χ1v) is 13.6. The number of carbonyl (C=O) groups excluding carboxylic acids is 4. The van der Waals surface area contributed by atoms with E-state index < -0.39 is 34.0 Å². The van der Waals surface area contributed by atoms with Crippen LogP contribution in [0, 0.1) is 21.7 Å². The minimum absolute atomic E-state index is 0.0236. The maximum absolute atomic E-state index is 13.5. The number of hydrogen-bond acceptors (Lipinski definition) is 6.